The van der Waals surface area contributed by atoms with Crippen molar-refractivity contribution in [3.63, 3.8) is 0 Å². The minimum absolute atomic E-state index is 0.0390. The van der Waals surface area contributed by atoms with E-state index in [1.165, 1.54) is 11.8 Å². The summed E-state index contributed by atoms with van der Waals surface area (Å²) >= 11 is 0. The van der Waals surface area contributed by atoms with E-state index < -0.39 is 5.97 Å². The standard InChI is InChI=1S/C19H23N3O4/c1-13-6-7-22(19(24)15(13)11-18(23)25-3)20-12-14-4-5-16-17(10-14)26-9-8-21(16)2/h4-7,10,20H,8-9,11-12H2,1-3H3. The van der Waals surface area contributed by atoms with Gasteiger partial charge in [0.05, 0.1) is 32.3 Å². The highest BCUT2D eigenvalue weighted by molar-refractivity contribution is 5.72. The largest absolute Gasteiger partial charge is 0.490 e. The van der Waals surface area contributed by atoms with Gasteiger partial charge in [0.1, 0.15) is 12.4 Å². The maximum atomic E-state index is 12.6. The number of rotatable bonds is 5. The lowest BCUT2D eigenvalue weighted by Crippen LogP contribution is -2.32. The van der Waals surface area contributed by atoms with E-state index in [-0.39, 0.29) is 12.0 Å². The second-order valence-electron chi connectivity index (χ2n) is 6.31. The molecule has 26 heavy (non-hydrogen) atoms. The Morgan fingerprint density at radius 1 is 1.35 bits per heavy atom. The third kappa shape index (κ3) is 3.66. The molecule has 138 valence electrons. The number of carbonyl (C=O) groups is 1. The van der Waals surface area contributed by atoms with Crippen molar-refractivity contribution in [3.05, 3.63) is 57.5 Å². The van der Waals surface area contributed by atoms with Crippen LogP contribution in [0.1, 0.15) is 16.7 Å². The number of esters is 1. The summed E-state index contributed by atoms with van der Waals surface area (Å²) < 4.78 is 11.8. The predicted octanol–water partition coefficient (Wildman–Crippen LogP) is 1.44. The molecule has 2 aromatic rings. The lowest BCUT2D eigenvalue weighted by atomic mass is 10.1. The van der Waals surface area contributed by atoms with Crippen LogP contribution in [0.15, 0.2) is 35.3 Å². The molecule has 0 radical (unpaired) electrons. The summed E-state index contributed by atoms with van der Waals surface area (Å²) in [5.74, 6) is 0.416. The Morgan fingerprint density at radius 3 is 2.92 bits per heavy atom. The quantitative estimate of drug-likeness (QED) is 0.817. The molecule has 2 heterocycles. The Balaban J connectivity index is 1.77. The molecule has 0 amide bonds. The van der Waals surface area contributed by atoms with Gasteiger partial charge in [0.2, 0.25) is 0 Å². The number of carbonyl (C=O) groups excluding carboxylic acids is 1. The highest BCUT2D eigenvalue weighted by Gasteiger charge is 2.15. The van der Waals surface area contributed by atoms with E-state index in [1.54, 1.807) is 19.2 Å². The van der Waals surface area contributed by atoms with Crippen molar-refractivity contribution in [2.75, 3.05) is 37.6 Å². The van der Waals surface area contributed by atoms with Crippen LogP contribution < -0.4 is 20.6 Å². The first-order chi connectivity index (χ1) is 12.5. The first-order valence-electron chi connectivity index (χ1n) is 8.48. The summed E-state index contributed by atoms with van der Waals surface area (Å²) in [4.78, 5) is 26.3. The molecule has 1 aromatic carbocycles. The first kappa shape index (κ1) is 17.8. The van der Waals surface area contributed by atoms with Gasteiger partial charge in [-0.2, -0.15) is 0 Å². The van der Waals surface area contributed by atoms with Gasteiger partial charge < -0.3 is 19.8 Å². The molecule has 0 atom stereocenters. The van der Waals surface area contributed by atoms with Crippen molar-refractivity contribution in [3.8, 4) is 5.75 Å². The fourth-order valence-corrected chi connectivity index (χ4v) is 2.91. The number of hydrogen-bond acceptors (Lipinski definition) is 6. The number of nitrogens with one attached hydrogen (secondary N) is 1. The van der Waals surface area contributed by atoms with Gasteiger partial charge in [0, 0.05) is 18.8 Å². The molecule has 0 saturated carbocycles. The number of nitrogens with zero attached hydrogens (tertiary/aromatic N) is 2. The molecule has 0 bridgehead atoms. The lowest BCUT2D eigenvalue weighted by Gasteiger charge is -2.28. The summed E-state index contributed by atoms with van der Waals surface area (Å²) in [5, 5.41) is 0. The van der Waals surface area contributed by atoms with Crippen LogP contribution >= 0.6 is 0 Å². The molecular formula is C19H23N3O4. The highest BCUT2D eigenvalue weighted by Crippen LogP contribution is 2.31. The Labute approximate surface area is 152 Å². The van der Waals surface area contributed by atoms with E-state index in [0.717, 1.165) is 29.1 Å². The zero-order valence-electron chi connectivity index (χ0n) is 15.2. The maximum absolute atomic E-state index is 12.6. The smallest absolute Gasteiger partial charge is 0.310 e. The SMILES string of the molecule is COC(=O)Cc1c(C)ccn(NCc2ccc3c(c2)OCCN3C)c1=O. The van der Waals surface area contributed by atoms with Gasteiger partial charge >= 0.3 is 5.97 Å². The number of fused-ring (bicyclic) bond motifs is 1. The van der Waals surface area contributed by atoms with E-state index >= 15 is 0 Å². The number of likely N-dealkylation sites (N-methyl/N-ethyl adjacent to an activating group) is 1. The molecular weight excluding hydrogens is 334 g/mol. The van der Waals surface area contributed by atoms with Crippen LogP contribution in [0.25, 0.3) is 0 Å². The van der Waals surface area contributed by atoms with Crippen molar-refractivity contribution in [1.29, 1.82) is 0 Å². The Kier molecular flexibility index (Phi) is 5.16. The van der Waals surface area contributed by atoms with E-state index in [1.807, 2.05) is 25.2 Å². The highest BCUT2D eigenvalue weighted by atomic mass is 16.5. The zero-order chi connectivity index (χ0) is 18.7. The van der Waals surface area contributed by atoms with Crippen LogP contribution in [0.3, 0.4) is 0 Å². The van der Waals surface area contributed by atoms with Crippen molar-refractivity contribution in [1.82, 2.24) is 4.68 Å². The van der Waals surface area contributed by atoms with Crippen LogP contribution in [0.5, 0.6) is 5.75 Å². The molecule has 0 aliphatic carbocycles. The topological polar surface area (TPSA) is 72.8 Å². The molecule has 7 heteroatoms. The van der Waals surface area contributed by atoms with Crippen molar-refractivity contribution in [2.24, 2.45) is 0 Å². The average Bonchev–Trinajstić information content (AvgIpc) is 2.64. The van der Waals surface area contributed by atoms with Crippen molar-refractivity contribution in [2.45, 2.75) is 19.9 Å². The fourth-order valence-electron chi connectivity index (χ4n) is 2.91. The minimum Gasteiger partial charge on any atom is -0.490 e. The summed E-state index contributed by atoms with van der Waals surface area (Å²) in [6, 6.07) is 7.81. The van der Waals surface area contributed by atoms with E-state index in [2.05, 4.69) is 15.1 Å². The first-order valence-corrected chi connectivity index (χ1v) is 8.48. The molecule has 1 aliphatic rings. The monoisotopic (exact) mass is 357 g/mol. The van der Waals surface area contributed by atoms with E-state index in [9.17, 15) is 9.59 Å². The van der Waals surface area contributed by atoms with Crippen LogP contribution in [-0.4, -0.2) is 38.0 Å². The normalized spacial score (nSPS) is 13.0. The number of pyridine rings is 1. The van der Waals surface area contributed by atoms with Crippen LogP contribution in [0.4, 0.5) is 5.69 Å². The summed E-state index contributed by atoms with van der Waals surface area (Å²) in [6.45, 7) is 3.79. The third-order valence-electron chi connectivity index (χ3n) is 4.55. The molecule has 7 nitrogen and oxygen atoms in total. The third-order valence-corrected chi connectivity index (χ3v) is 4.55. The lowest BCUT2D eigenvalue weighted by molar-refractivity contribution is -0.139. The average molecular weight is 357 g/mol. The summed E-state index contributed by atoms with van der Waals surface area (Å²) in [5.41, 5.74) is 6.11. The summed E-state index contributed by atoms with van der Waals surface area (Å²) in [7, 11) is 3.35. The maximum Gasteiger partial charge on any atom is 0.310 e. The molecule has 3 rings (SSSR count). The van der Waals surface area contributed by atoms with Crippen molar-refractivity contribution < 1.29 is 14.3 Å². The van der Waals surface area contributed by atoms with Crippen molar-refractivity contribution >= 4 is 11.7 Å². The number of aryl methyl sites for hydroxylation is 1. The minimum atomic E-state index is -0.432. The van der Waals surface area contributed by atoms with Gasteiger partial charge in [0.25, 0.3) is 5.56 Å². The second-order valence-corrected chi connectivity index (χ2v) is 6.31. The number of benzene rings is 1. The molecule has 0 fully saturated rings. The van der Waals surface area contributed by atoms with Gasteiger partial charge in [-0.25, -0.2) is 4.68 Å². The molecule has 0 saturated heterocycles. The molecule has 1 aliphatic heterocycles. The van der Waals surface area contributed by atoms with Crippen LogP contribution in [0, 0.1) is 6.92 Å². The Morgan fingerprint density at radius 2 is 2.15 bits per heavy atom. The molecule has 1 N–H and O–H groups in total. The van der Waals surface area contributed by atoms with E-state index in [0.29, 0.717) is 18.7 Å². The van der Waals surface area contributed by atoms with Gasteiger partial charge in [-0.1, -0.05) is 6.07 Å². The Bertz CT molecular complexity index is 876. The van der Waals surface area contributed by atoms with Gasteiger partial charge in [-0.3, -0.25) is 9.59 Å². The number of aromatic nitrogens is 1. The van der Waals surface area contributed by atoms with Gasteiger partial charge in [0.15, 0.2) is 0 Å². The van der Waals surface area contributed by atoms with E-state index in [4.69, 9.17) is 4.74 Å². The second kappa shape index (κ2) is 7.51. The predicted molar refractivity (Wildman–Crippen MR) is 99.4 cm³/mol. The number of methoxy groups -OCH3 is 1. The number of hydrogen-bond donors (Lipinski definition) is 1. The zero-order valence-corrected chi connectivity index (χ0v) is 15.2. The molecule has 1 aromatic heterocycles. The van der Waals surface area contributed by atoms with Crippen LogP contribution in [-0.2, 0) is 22.5 Å². The van der Waals surface area contributed by atoms with Gasteiger partial charge in [-0.05, 0) is 36.2 Å². The Hall–Kier alpha value is -2.96. The summed E-state index contributed by atoms with van der Waals surface area (Å²) in [6.07, 6.45) is 1.63. The fraction of sp³-hybridized carbons (Fsp3) is 0.368. The number of anilines is 1. The van der Waals surface area contributed by atoms with Gasteiger partial charge in [-0.15, -0.1) is 0 Å². The molecule has 0 unspecified atom stereocenters. The number of ether oxygens (including phenoxy) is 2. The molecule has 0 spiro atoms. The van der Waals surface area contributed by atoms with Crippen LogP contribution in [0.2, 0.25) is 0 Å².